The molecule has 0 saturated carbocycles. The largest absolute Gasteiger partial charge is 0.463 e. The maximum absolute atomic E-state index is 12.1. The van der Waals surface area contributed by atoms with E-state index in [-0.39, 0.29) is 5.97 Å². The average molecular weight is 321 g/mol. The van der Waals surface area contributed by atoms with Gasteiger partial charge in [-0.1, -0.05) is 50.8 Å². The van der Waals surface area contributed by atoms with Crippen LogP contribution < -0.4 is 0 Å². The molecule has 0 aliphatic heterocycles. The molecule has 1 aromatic heterocycles. The topological polar surface area (TPSA) is 57.0 Å². The van der Waals surface area contributed by atoms with Crippen LogP contribution in [0.5, 0.6) is 0 Å². The van der Waals surface area contributed by atoms with Gasteiger partial charge in [0.05, 0.1) is 24.4 Å². The molecule has 0 atom stereocenters. The summed E-state index contributed by atoms with van der Waals surface area (Å²) in [7, 11) is 0. The summed E-state index contributed by atoms with van der Waals surface area (Å²) >= 11 is 0. The van der Waals surface area contributed by atoms with Crippen LogP contribution in [0.1, 0.15) is 71.4 Å². The molecule has 0 aliphatic rings. The fraction of sp³-hybridized carbons (Fsp3) is 0.722. The number of hydrogen-bond acceptors (Lipinski definition) is 4. The molecule has 0 saturated heterocycles. The molecule has 0 amide bonds. The highest BCUT2D eigenvalue weighted by atomic mass is 16.5. The van der Waals surface area contributed by atoms with E-state index in [2.05, 4.69) is 24.2 Å². The van der Waals surface area contributed by atoms with Gasteiger partial charge in [-0.2, -0.15) is 0 Å². The monoisotopic (exact) mass is 321 g/mol. The van der Waals surface area contributed by atoms with E-state index >= 15 is 0 Å². The van der Waals surface area contributed by atoms with Crippen molar-refractivity contribution in [3.05, 3.63) is 23.5 Å². The van der Waals surface area contributed by atoms with Crippen LogP contribution in [-0.2, 0) is 22.5 Å². The minimum absolute atomic E-state index is 0.243. The number of hydrogen-bond donors (Lipinski definition) is 0. The first-order chi connectivity index (χ1) is 11.2. The van der Waals surface area contributed by atoms with Crippen molar-refractivity contribution >= 4 is 5.97 Å². The first-order valence-corrected chi connectivity index (χ1v) is 8.96. The number of allylic oxidation sites excluding steroid dienone is 1. The number of carbonyl (C=O) groups is 1. The van der Waals surface area contributed by atoms with Crippen LogP contribution in [0.25, 0.3) is 0 Å². The first kappa shape index (κ1) is 19.4. The van der Waals surface area contributed by atoms with E-state index in [1.165, 1.54) is 25.7 Å². The molecule has 0 aliphatic carbocycles. The molecule has 5 heteroatoms. The second kappa shape index (κ2) is 11.9. The number of aromatic nitrogens is 3. The van der Waals surface area contributed by atoms with Crippen molar-refractivity contribution in [2.75, 3.05) is 6.61 Å². The van der Waals surface area contributed by atoms with Gasteiger partial charge in [-0.3, -0.25) is 0 Å². The lowest BCUT2D eigenvalue weighted by Gasteiger charge is -2.07. The minimum Gasteiger partial charge on any atom is -0.463 e. The molecule has 0 radical (unpaired) electrons. The van der Waals surface area contributed by atoms with Crippen LogP contribution in [0.4, 0.5) is 0 Å². The number of ether oxygens (including phenoxy) is 1. The van der Waals surface area contributed by atoms with Gasteiger partial charge in [0.25, 0.3) is 0 Å². The molecule has 1 rings (SSSR count). The molecule has 23 heavy (non-hydrogen) atoms. The van der Waals surface area contributed by atoms with Crippen molar-refractivity contribution in [3.8, 4) is 0 Å². The van der Waals surface area contributed by atoms with Crippen molar-refractivity contribution in [3.63, 3.8) is 0 Å². The van der Waals surface area contributed by atoms with Crippen LogP contribution >= 0.6 is 0 Å². The minimum atomic E-state index is -0.243. The smallest absolute Gasteiger partial charge is 0.335 e. The number of aryl methyl sites for hydroxylation is 1. The standard InChI is InChI=1S/C18H31N3O2/c1-4-7-9-11-12-16(18(22)23-6-3)14-21-15-17(19-20-21)13-10-8-5-2/h12,15H,4-11,13-14H2,1-3H3/b16-12+. The number of esters is 1. The highest BCUT2D eigenvalue weighted by molar-refractivity contribution is 5.88. The summed E-state index contributed by atoms with van der Waals surface area (Å²) in [6.45, 7) is 7.02. The van der Waals surface area contributed by atoms with E-state index in [0.29, 0.717) is 18.7 Å². The summed E-state index contributed by atoms with van der Waals surface area (Å²) in [4.78, 5) is 12.1. The summed E-state index contributed by atoms with van der Waals surface area (Å²) in [6, 6.07) is 0. The number of nitrogens with zero attached hydrogens (tertiary/aromatic N) is 3. The van der Waals surface area contributed by atoms with Crippen molar-refractivity contribution in [2.45, 2.75) is 78.7 Å². The van der Waals surface area contributed by atoms with Gasteiger partial charge >= 0.3 is 5.97 Å². The quantitative estimate of drug-likeness (QED) is 0.331. The third-order valence-electron chi connectivity index (χ3n) is 3.69. The fourth-order valence-corrected chi connectivity index (χ4v) is 2.37. The zero-order chi connectivity index (χ0) is 16.9. The Bertz CT molecular complexity index is 480. The Labute approximate surface area is 140 Å². The molecule has 1 heterocycles. The zero-order valence-corrected chi connectivity index (χ0v) is 14.9. The second-order valence-electron chi connectivity index (χ2n) is 5.81. The lowest BCUT2D eigenvalue weighted by molar-refractivity contribution is -0.138. The molecule has 0 aromatic carbocycles. The fourth-order valence-electron chi connectivity index (χ4n) is 2.37. The maximum Gasteiger partial charge on any atom is 0.335 e. The van der Waals surface area contributed by atoms with E-state index < -0.39 is 0 Å². The number of rotatable bonds is 12. The molecule has 0 N–H and O–H groups in total. The summed E-state index contributed by atoms with van der Waals surface area (Å²) < 4.78 is 6.89. The third kappa shape index (κ3) is 7.95. The molecular formula is C18H31N3O2. The maximum atomic E-state index is 12.1. The van der Waals surface area contributed by atoms with Crippen LogP contribution in [0.15, 0.2) is 17.8 Å². The predicted octanol–water partition coefficient (Wildman–Crippen LogP) is 4.08. The van der Waals surface area contributed by atoms with Crippen molar-refractivity contribution in [1.82, 2.24) is 15.0 Å². The van der Waals surface area contributed by atoms with Crippen molar-refractivity contribution in [1.29, 1.82) is 0 Å². The van der Waals surface area contributed by atoms with Gasteiger partial charge in [0, 0.05) is 6.20 Å². The molecule has 130 valence electrons. The Morgan fingerprint density at radius 1 is 1.17 bits per heavy atom. The highest BCUT2D eigenvalue weighted by Gasteiger charge is 2.12. The second-order valence-corrected chi connectivity index (χ2v) is 5.81. The van der Waals surface area contributed by atoms with E-state index in [4.69, 9.17) is 4.74 Å². The van der Waals surface area contributed by atoms with Gasteiger partial charge in [0.2, 0.25) is 0 Å². The Kier molecular flexibility index (Phi) is 10.00. The lowest BCUT2D eigenvalue weighted by Crippen LogP contribution is -2.14. The van der Waals surface area contributed by atoms with Crippen LogP contribution in [-0.4, -0.2) is 27.6 Å². The molecule has 0 spiro atoms. The highest BCUT2D eigenvalue weighted by Crippen LogP contribution is 2.09. The van der Waals surface area contributed by atoms with E-state index in [1.54, 1.807) is 4.68 Å². The Balaban J connectivity index is 2.62. The van der Waals surface area contributed by atoms with Crippen molar-refractivity contribution < 1.29 is 9.53 Å². The zero-order valence-electron chi connectivity index (χ0n) is 14.9. The van der Waals surface area contributed by atoms with Gasteiger partial charge in [0.1, 0.15) is 0 Å². The molecule has 0 unspecified atom stereocenters. The molecule has 1 aromatic rings. The lowest BCUT2D eigenvalue weighted by atomic mass is 10.1. The molecule has 0 bridgehead atoms. The van der Waals surface area contributed by atoms with E-state index in [1.807, 2.05) is 19.2 Å². The van der Waals surface area contributed by atoms with E-state index in [0.717, 1.165) is 31.4 Å². The Morgan fingerprint density at radius 3 is 2.61 bits per heavy atom. The summed E-state index contributed by atoms with van der Waals surface area (Å²) in [5.74, 6) is -0.243. The van der Waals surface area contributed by atoms with Crippen LogP contribution in [0, 0.1) is 0 Å². The van der Waals surface area contributed by atoms with Crippen LogP contribution in [0.3, 0.4) is 0 Å². The summed E-state index contributed by atoms with van der Waals surface area (Å²) in [5.41, 5.74) is 1.67. The van der Waals surface area contributed by atoms with Gasteiger partial charge in [-0.25, -0.2) is 9.48 Å². The SMILES string of the molecule is CCCCC/C=C(\Cn1cc(CCCCC)nn1)C(=O)OCC. The first-order valence-electron chi connectivity index (χ1n) is 8.96. The number of carbonyl (C=O) groups excluding carboxylic acids is 1. The summed E-state index contributed by atoms with van der Waals surface area (Å²) in [5, 5.41) is 8.33. The predicted molar refractivity (Wildman–Crippen MR) is 92.1 cm³/mol. The van der Waals surface area contributed by atoms with Gasteiger partial charge in [0.15, 0.2) is 0 Å². The Morgan fingerprint density at radius 2 is 1.91 bits per heavy atom. The molecular weight excluding hydrogens is 290 g/mol. The van der Waals surface area contributed by atoms with Gasteiger partial charge in [-0.15, -0.1) is 5.10 Å². The summed E-state index contributed by atoms with van der Waals surface area (Å²) in [6.07, 6.45) is 12.8. The number of unbranched alkanes of at least 4 members (excludes halogenated alkanes) is 5. The van der Waals surface area contributed by atoms with Gasteiger partial charge < -0.3 is 4.74 Å². The third-order valence-corrected chi connectivity index (χ3v) is 3.69. The van der Waals surface area contributed by atoms with Gasteiger partial charge in [-0.05, 0) is 32.6 Å². The van der Waals surface area contributed by atoms with E-state index in [9.17, 15) is 4.79 Å². The average Bonchev–Trinajstić information content (AvgIpc) is 2.98. The van der Waals surface area contributed by atoms with Crippen LogP contribution in [0.2, 0.25) is 0 Å². The Hall–Kier alpha value is -1.65. The molecule has 5 nitrogen and oxygen atoms in total. The van der Waals surface area contributed by atoms with Crippen molar-refractivity contribution in [2.24, 2.45) is 0 Å². The molecule has 0 fully saturated rings. The normalized spacial score (nSPS) is 11.7.